The highest BCUT2D eigenvalue weighted by Crippen LogP contribution is 2.30. The molecule has 0 saturated carbocycles. The van der Waals surface area contributed by atoms with Crippen molar-refractivity contribution >= 4 is 43.2 Å². The molecule has 6 nitrogen and oxygen atoms in total. The van der Waals surface area contributed by atoms with Crippen molar-refractivity contribution in [1.82, 2.24) is 0 Å². The van der Waals surface area contributed by atoms with Gasteiger partial charge in [-0.25, -0.2) is 0 Å². The lowest BCUT2D eigenvalue weighted by Gasteiger charge is -2.40. The van der Waals surface area contributed by atoms with Gasteiger partial charge in [-0.3, -0.25) is 10.4 Å². The maximum absolute atomic E-state index is 11.0. The monoisotopic (exact) mass is 382 g/mol. The summed E-state index contributed by atoms with van der Waals surface area (Å²) < 4.78 is 0. The zero-order valence-corrected chi connectivity index (χ0v) is 12.5. The molecule has 1 rings (SSSR count). The van der Waals surface area contributed by atoms with E-state index in [2.05, 4.69) is 31.9 Å². The first kappa shape index (κ1) is 15.7. The van der Waals surface area contributed by atoms with Crippen molar-refractivity contribution in [2.75, 3.05) is 21.1 Å². The van der Waals surface area contributed by atoms with Crippen LogP contribution in [-0.2, 0) is 12.8 Å². The van der Waals surface area contributed by atoms with Crippen molar-refractivity contribution in [3.8, 4) is 0 Å². The predicted octanol–water partition coefficient (Wildman–Crippen LogP) is 2.95. The number of aryl methyl sites for hydroxylation is 2. The van der Waals surface area contributed by atoms with Crippen molar-refractivity contribution in [3.63, 3.8) is 0 Å². The van der Waals surface area contributed by atoms with Crippen molar-refractivity contribution in [1.29, 1.82) is 0 Å². The highest BCUT2D eigenvalue weighted by atomic mass is 79.9. The van der Waals surface area contributed by atoms with E-state index < -0.39 is 5.23 Å². The Labute approximate surface area is 121 Å². The number of alkyl halides is 2. The van der Waals surface area contributed by atoms with E-state index in [-0.39, 0.29) is 16.6 Å². The van der Waals surface area contributed by atoms with Gasteiger partial charge in [-0.2, -0.15) is 0 Å². The summed E-state index contributed by atoms with van der Waals surface area (Å²) in [6.07, 6.45) is 0.897. The van der Waals surface area contributed by atoms with E-state index in [1.165, 1.54) is 12.1 Å². The van der Waals surface area contributed by atoms with Gasteiger partial charge in [-0.15, -0.1) is 5.23 Å². The second kappa shape index (κ2) is 7.27. The summed E-state index contributed by atoms with van der Waals surface area (Å²) in [7, 11) is 0. The minimum absolute atomic E-state index is 0.000545. The Hall–Kier alpha value is -0.380. The van der Waals surface area contributed by atoms with Crippen molar-refractivity contribution in [2.45, 2.75) is 12.8 Å². The second-order valence-electron chi connectivity index (χ2n) is 3.53. The van der Waals surface area contributed by atoms with Crippen LogP contribution in [0.15, 0.2) is 12.1 Å². The smallest absolute Gasteiger partial charge is 0.0979 e. The van der Waals surface area contributed by atoms with Gasteiger partial charge in [-0.05, 0) is 36.1 Å². The summed E-state index contributed by atoms with van der Waals surface area (Å²) in [5, 5.41) is 40.9. The minimum atomic E-state index is -0.460. The van der Waals surface area contributed by atoms with Gasteiger partial charge in [0.05, 0.1) is 5.69 Å². The fourth-order valence-corrected chi connectivity index (χ4v) is 2.48. The highest BCUT2D eigenvalue weighted by molar-refractivity contribution is 9.09. The van der Waals surface area contributed by atoms with Crippen LogP contribution < -0.4 is 10.5 Å². The predicted molar refractivity (Wildman–Crippen MR) is 76.7 cm³/mol. The molecule has 0 aliphatic carbocycles. The summed E-state index contributed by atoms with van der Waals surface area (Å²) in [4.78, 5) is 0. The van der Waals surface area contributed by atoms with Crippen LogP contribution in [0.5, 0.6) is 0 Å². The number of anilines is 2. The van der Waals surface area contributed by atoms with Gasteiger partial charge in [0.2, 0.25) is 0 Å². The van der Waals surface area contributed by atoms with Crippen molar-refractivity contribution < 1.29 is 10.4 Å². The van der Waals surface area contributed by atoms with Gasteiger partial charge < -0.3 is 15.6 Å². The normalized spacial score (nSPS) is 10.6. The molecule has 18 heavy (non-hydrogen) atoms. The third-order valence-corrected chi connectivity index (χ3v) is 3.21. The fourth-order valence-electron chi connectivity index (χ4n) is 1.62. The summed E-state index contributed by atoms with van der Waals surface area (Å²) in [6.45, 7) is 0. The van der Waals surface area contributed by atoms with Crippen LogP contribution in [0.3, 0.4) is 0 Å². The molecule has 0 heterocycles. The molecule has 0 saturated heterocycles. The Morgan fingerprint density at radius 2 is 1.39 bits per heavy atom. The van der Waals surface area contributed by atoms with E-state index >= 15 is 0 Å². The molecule has 1 aromatic rings. The highest BCUT2D eigenvalue weighted by Gasteiger charge is 2.12. The molecule has 0 bridgehead atoms. The first-order valence-electron chi connectivity index (χ1n) is 5.11. The maximum atomic E-state index is 11.0. The van der Waals surface area contributed by atoms with Crippen LogP contribution in [0, 0.1) is 10.4 Å². The lowest BCUT2D eigenvalue weighted by Crippen LogP contribution is -2.16. The van der Waals surface area contributed by atoms with Crippen LogP contribution in [0.4, 0.5) is 11.4 Å². The van der Waals surface area contributed by atoms with E-state index in [1.807, 2.05) is 0 Å². The number of hydrogen-bond acceptors (Lipinski definition) is 6. The molecular weight excluding hydrogens is 372 g/mol. The Kier molecular flexibility index (Phi) is 6.33. The molecule has 102 valence electrons. The van der Waals surface area contributed by atoms with Gasteiger partial charge in [-0.1, -0.05) is 31.9 Å². The molecule has 0 unspecified atom stereocenters. The number of halogens is 2. The molecule has 0 spiro atoms. The molecule has 0 aliphatic rings. The zero-order chi connectivity index (χ0) is 13.7. The number of rotatable bonds is 6. The van der Waals surface area contributed by atoms with Gasteiger partial charge in [0, 0.05) is 16.3 Å². The summed E-state index contributed by atoms with van der Waals surface area (Å²) in [5.41, 5.74) is 1.12. The van der Waals surface area contributed by atoms with Crippen molar-refractivity contribution in [2.24, 2.45) is 0 Å². The molecule has 0 amide bonds. The Balaban J connectivity index is 3.30. The van der Waals surface area contributed by atoms with E-state index in [9.17, 15) is 10.4 Å². The molecule has 0 fully saturated rings. The molecule has 0 aliphatic heterocycles. The Morgan fingerprint density at radius 3 is 1.78 bits per heavy atom. The third-order valence-electron chi connectivity index (χ3n) is 2.42. The first-order chi connectivity index (χ1) is 8.51. The van der Waals surface area contributed by atoms with Crippen LogP contribution >= 0.6 is 31.9 Å². The number of hydrogen-bond donors (Lipinski definition) is 2. The van der Waals surface area contributed by atoms with Crippen LogP contribution in [0.1, 0.15) is 11.1 Å². The Bertz CT molecular complexity index is 364. The van der Waals surface area contributed by atoms with Crippen LogP contribution in [0.2, 0.25) is 0 Å². The lowest BCUT2D eigenvalue weighted by molar-refractivity contribution is 0.0287. The van der Waals surface area contributed by atoms with Crippen LogP contribution in [-0.4, -0.2) is 21.1 Å². The van der Waals surface area contributed by atoms with Gasteiger partial charge >= 0.3 is 0 Å². The molecule has 0 radical (unpaired) electrons. The van der Waals surface area contributed by atoms with Gasteiger partial charge in [0.15, 0.2) is 0 Å². The molecule has 2 N–H and O–H groups in total. The third kappa shape index (κ3) is 3.81. The SMILES string of the molecule is [O-]N([O-])c1cc(CCBr)c(N(O)O)cc1CCBr. The molecular formula is C10H12Br2N2O4-2. The van der Waals surface area contributed by atoms with E-state index in [4.69, 9.17) is 10.4 Å². The van der Waals surface area contributed by atoms with Gasteiger partial charge in [0.1, 0.15) is 0 Å². The first-order valence-corrected chi connectivity index (χ1v) is 7.35. The Morgan fingerprint density at radius 1 is 0.944 bits per heavy atom. The fraction of sp³-hybridized carbons (Fsp3) is 0.400. The summed E-state index contributed by atoms with van der Waals surface area (Å²) in [5.74, 6) is 0. The molecule has 0 atom stereocenters. The maximum Gasteiger partial charge on any atom is 0.0979 e. The largest absolute Gasteiger partial charge is 0.769 e. The van der Waals surface area contributed by atoms with Gasteiger partial charge in [0.25, 0.3) is 0 Å². The summed E-state index contributed by atoms with van der Waals surface area (Å²) >= 11 is 6.43. The van der Waals surface area contributed by atoms with E-state index in [1.54, 1.807) is 0 Å². The van der Waals surface area contributed by atoms with E-state index in [0.717, 1.165) is 0 Å². The van der Waals surface area contributed by atoms with Crippen molar-refractivity contribution in [3.05, 3.63) is 33.7 Å². The quantitative estimate of drug-likeness (QED) is 0.579. The molecule has 8 heteroatoms. The number of nitrogens with zero attached hydrogens (tertiary/aromatic N) is 2. The van der Waals surface area contributed by atoms with Crippen LogP contribution in [0.25, 0.3) is 0 Å². The number of benzene rings is 1. The topological polar surface area (TPSA) is 93.1 Å². The lowest BCUT2D eigenvalue weighted by atomic mass is 10.0. The average Bonchev–Trinajstić information content (AvgIpc) is 2.30. The second-order valence-corrected chi connectivity index (χ2v) is 5.12. The minimum Gasteiger partial charge on any atom is -0.769 e. The summed E-state index contributed by atoms with van der Waals surface area (Å²) in [6, 6.07) is 2.81. The zero-order valence-electron chi connectivity index (χ0n) is 9.34. The average molecular weight is 384 g/mol. The van der Waals surface area contributed by atoms with E-state index in [0.29, 0.717) is 34.6 Å². The molecule has 1 aromatic carbocycles. The molecule has 0 aromatic heterocycles. The standard InChI is InChI=1S/C10H12Br2N2O4/c11-3-1-7-5-10(14(17)18)8(2-4-12)6-9(7)13(15)16/h5-6,15-16H,1-4H2/q-2.